The van der Waals surface area contributed by atoms with E-state index in [0.29, 0.717) is 22.7 Å². The number of benzene rings is 3. The van der Waals surface area contributed by atoms with Gasteiger partial charge >= 0.3 is 6.03 Å². The van der Waals surface area contributed by atoms with Gasteiger partial charge in [0.05, 0.1) is 5.69 Å². The molecule has 0 atom stereocenters. The first-order valence-corrected chi connectivity index (χ1v) is 10.6. The van der Waals surface area contributed by atoms with Gasteiger partial charge in [-0.3, -0.25) is 14.9 Å². The highest BCUT2D eigenvalue weighted by molar-refractivity contribution is 6.39. The molecule has 4 rings (SSSR count). The third kappa shape index (κ3) is 4.56. The minimum atomic E-state index is -0.804. The summed E-state index contributed by atoms with van der Waals surface area (Å²) in [7, 11) is 0. The normalized spacial score (nSPS) is 15.2. The van der Waals surface area contributed by atoms with Crippen molar-refractivity contribution in [3.63, 3.8) is 0 Å². The van der Waals surface area contributed by atoms with Crippen LogP contribution in [0.15, 0.2) is 66.2 Å². The summed E-state index contributed by atoms with van der Waals surface area (Å²) in [5.41, 5.74) is 3.87. The van der Waals surface area contributed by atoms with Crippen LogP contribution < -0.4 is 10.2 Å². The average Bonchev–Trinajstić information content (AvgIpc) is 2.76. The SMILES string of the molecule is Cc1cccc(N2C(=O)NC(=O)/C(=C\c3cc(Cl)ccc3Cc3cccc(F)c3)C2=O)c1C. The molecule has 1 fully saturated rings. The second-order valence-electron chi connectivity index (χ2n) is 7.83. The van der Waals surface area contributed by atoms with Crippen LogP contribution in [-0.2, 0) is 16.0 Å². The minimum Gasteiger partial charge on any atom is -0.273 e. The maximum Gasteiger partial charge on any atom is 0.335 e. The number of urea groups is 1. The molecule has 1 aliphatic heterocycles. The van der Waals surface area contributed by atoms with Gasteiger partial charge < -0.3 is 0 Å². The van der Waals surface area contributed by atoms with Gasteiger partial charge in [-0.05, 0) is 84.5 Å². The van der Waals surface area contributed by atoms with Crippen LogP contribution in [0, 0.1) is 19.7 Å². The Kier molecular flexibility index (Phi) is 6.11. The minimum absolute atomic E-state index is 0.196. The molecular formula is C26H20ClFN2O3. The number of imide groups is 2. The predicted octanol–water partition coefficient (Wildman–Crippen LogP) is 5.35. The van der Waals surface area contributed by atoms with Crippen LogP contribution in [0.4, 0.5) is 14.9 Å². The number of anilines is 1. The Morgan fingerprint density at radius 2 is 1.76 bits per heavy atom. The van der Waals surface area contributed by atoms with Gasteiger partial charge in [-0.1, -0.05) is 41.9 Å². The van der Waals surface area contributed by atoms with Crippen molar-refractivity contribution in [3.8, 4) is 0 Å². The van der Waals surface area contributed by atoms with E-state index in [4.69, 9.17) is 11.6 Å². The van der Waals surface area contributed by atoms with Crippen LogP contribution >= 0.6 is 11.6 Å². The van der Waals surface area contributed by atoms with E-state index in [1.807, 2.05) is 13.0 Å². The van der Waals surface area contributed by atoms with E-state index in [1.54, 1.807) is 49.4 Å². The van der Waals surface area contributed by atoms with Crippen molar-refractivity contribution >= 4 is 41.2 Å². The molecule has 0 aliphatic carbocycles. The fraction of sp³-hybridized carbons (Fsp3) is 0.115. The molecule has 1 N–H and O–H groups in total. The molecule has 33 heavy (non-hydrogen) atoms. The molecule has 1 saturated heterocycles. The summed E-state index contributed by atoms with van der Waals surface area (Å²) in [6.45, 7) is 3.68. The zero-order valence-corrected chi connectivity index (χ0v) is 18.7. The highest BCUT2D eigenvalue weighted by Gasteiger charge is 2.37. The van der Waals surface area contributed by atoms with Crippen molar-refractivity contribution in [1.29, 1.82) is 0 Å². The number of nitrogens with one attached hydrogen (secondary N) is 1. The maximum absolute atomic E-state index is 13.6. The first kappa shape index (κ1) is 22.4. The first-order chi connectivity index (χ1) is 15.7. The molecule has 3 aromatic carbocycles. The lowest BCUT2D eigenvalue weighted by Gasteiger charge is -2.28. The fourth-order valence-corrected chi connectivity index (χ4v) is 3.92. The lowest BCUT2D eigenvalue weighted by atomic mass is 9.97. The number of nitrogens with zero attached hydrogens (tertiary/aromatic N) is 1. The van der Waals surface area contributed by atoms with Crippen LogP contribution in [0.3, 0.4) is 0 Å². The van der Waals surface area contributed by atoms with Crippen molar-refractivity contribution in [3.05, 3.63) is 105 Å². The van der Waals surface area contributed by atoms with Crippen molar-refractivity contribution < 1.29 is 18.8 Å². The molecule has 0 spiro atoms. The number of barbiturate groups is 1. The molecule has 0 radical (unpaired) electrons. The van der Waals surface area contributed by atoms with Crippen molar-refractivity contribution in [2.75, 3.05) is 4.90 Å². The smallest absolute Gasteiger partial charge is 0.273 e. The summed E-state index contributed by atoms with van der Waals surface area (Å²) in [6.07, 6.45) is 1.78. The zero-order valence-electron chi connectivity index (χ0n) is 18.0. The molecule has 0 aromatic heterocycles. The van der Waals surface area contributed by atoms with E-state index in [-0.39, 0.29) is 11.4 Å². The monoisotopic (exact) mass is 462 g/mol. The number of amides is 4. The summed E-state index contributed by atoms with van der Waals surface area (Å²) in [4.78, 5) is 39.4. The number of carbonyl (C=O) groups is 3. The van der Waals surface area contributed by atoms with E-state index in [1.165, 1.54) is 18.2 Å². The largest absolute Gasteiger partial charge is 0.335 e. The molecule has 7 heteroatoms. The van der Waals surface area contributed by atoms with Gasteiger partial charge in [-0.15, -0.1) is 0 Å². The highest BCUT2D eigenvalue weighted by Crippen LogP contribution is 2.28. The van der Waals surface area contributed by atoms with Gasteiger partial charge in [-0.2, -0.15) is 0 Å². The molecule has 166 valence electrons. The van der Waals surface area contributed by atoms with Crippen molar-refractivity contribution in [2.45, 2.75) is 20.3 Å². The number of carbonyl (C=O) groups excluding carboxylic acids is 3. The molecule has 0 unspecified atom stereocenters. The number of halogens is 2. The van der Waals surface area contributed by atoms with Crippen LogP contribution in [-0.4, -0.2) is 17.8 Å². The van der Waals surface area contributed by atoms with Crippen molar-refractivity contribution in [2.24, 2.45) is 0 Å². The molecule has 0 saturated carbocycles. The number of hydrogen-bond donors (Lipinski definition) is 1. The second-order valence-corrected chi connectivity index (χ2v) is 8.26. The molecule has 0 bridgehead atoms. The summed E-state index contributed by atoms with van der Waals surface area (Å²) in [5.74, 6) is -1.87. The van der Waals surface area contributed by atoms with Gasteiger partial charge in [0.15, 0.2) is 0 Å². The molecule has 1 aliphatic rings. The Balaban J connectivity index is 1.77. The van der Waals surface area contributed by atoms with E-state index < -0.39 is 17.8 Å². The third-order valence-corrected chi connectivity index (χ3v) is 5.85. The number of aryl methyl sites for hydroxylation is 1. The highest BCUT2D eigenvalue weighted by atomic mass is 35.5. The van der Waals surface area contributed by atoms with Crippen molar-refractivity contribution in [1.82, 2.24) is 5.32 Å². The lowest BCUT2D eigenvalue weighted by molar-refractivity contribution is -0.122. The number of rotatable bonds is 4. The average molecular weight is 463 g/mol. The first-order valence-electron chi connectivity index (χ1n) is 10.2. The standard InChI is InChI=1S/C26H20ClFN2O3/c1-15-5-3-8-23(16(15)2)30-25(32)22(24(31)29-26(30)33)14-19-13-20(27)10-9-18(19)11-17-6-4-7-21(28)12-17/h3-10,12-14H,11H2,1-2H3,(H,29,31,33)/b22-14+. The van der Waals surface area contributed by atoms with Gasteiger partial charge in [-0.25, -0.2) is 14.1 Å². The zero-order chi connectivity index (χ0) is 23.7. The van der Waals surface area contributed by atoms with Gasteiger partial charge in [0, 0.05) is 5.02 Å². The predicted molar refractivity (Wildman–Crippen MR) is 126 cm³/mol. The molecular weight excluding hydrogens is 443 g/mol. The molecule has 1 heterocycles. The Hall–Kier alpha value is -3.77. The maximum atomic E-state index is 13.6. The summed E-state index contributed by atoms with van der Waals surface area (Å²) in [5, 5.41) is 2.66. The topological polar surface area (TPSA) is 66.5 Å². The Morgan fingerprint density at radius 1 is 1.00 bits per heavy atom. The Morgan fingerprint density at radius 3 is 2.52 bits per heavy atom. The Bertz CT molecular complexity index is 1330. The van der Waals surface area contributed by atoms with E-state index in [0.717, 1.165) is 27.2 Å². The molecule has 3 aromatic rings. The van der Waals surface area contributed by atoms with E-state index in [9.17, 15) is 18.8 Å². The lowest BCUT2D eigenvalue weighted by Crippen LogP contribution is -2.54. The van der Waals surface area contributed by atoms with Crippen LogP contribution in [0.5, 0.6) is 0 Å². The number of hydrogen-bond acceptors (Lipinski definition) is 3. The van der Waals surface area contributed by atoms with E-state index in [2.05, 4.69) is 5.32 Å². The van der Waals surface area contributed by atoms with Gasteiger partial charge in [0.2, 0.25) is 0 Å². The van der Waals surface area contributed by atoms with Crippen LogP contribution in [0.2, 0.25) is 5.02 Å². The van der Waals surface area contributed by atoms with Gasteiger partial charge in [0.1, 0.15) is 11.4 Å². The van der Waals surface area contributed by atoms with Gasteiger partial charge in [0.25, 0.3) is 11.8 Å². The van der Waals surface area contributed by atoms with Crippen LogP contribution in [0.25, 0.3) is 6.08 Å². The summed E-state index contributed by atoms with van der Waals surface area (Å²) in [6, 6.07) is 15.7. The third-order valence-electron chi connectivity index (χ3n) is 5.61. The molecule has 5 nitrogen and oxygen atoms in total. The second kappa shape index (κ2) is 9.00. The fourth-order valence-electron chi connectivity index (χ4n) is 3.74. The molecule has 4 amide bonds. The summed E-state index contributed by atoms with van der Waals surface area (Å²) < 4.78 is 13.6. The summed E-state index contributed by atoms with van der Waals surface area (Å²) >= 11 is 6.18. The van der Waals surface area contributed by atoms with E-state index >= 15 is 0 Å². The Labute approximate surface area is 195 Å². The quantitative estimate of drug-likeness (QED) is 0.419. The van der Waals surface area contributed by atoms with Crippen LogP contribution in [0.1, 0.15) is 27.8 Å².